The van der Waals surface area contributed by atoms with Gasteiger partial charge in [0.1, 0.15) is 11.5 Å². The molecule has 1 N–H and O–H groups in total. The smallest absolute Gasteiger partial charge is 0.295 e. The van der Waals surface area contributed by atoms with E-state index in [1.165, 1.54) is 4.90 Å². The van der Waals surface area contributed by atoms with Crippen LogP contribution in [0.2, 0.25) is 0 Å². The molecule has 1 amide bonds. The fourth-order valence-electron chi connectivity index (χ4n) is 3.74. The Morgan fingerprint density at radius 1 is 1.03 bits per heavy atom. The molecule has 0 radical (unpaired) electrons. The van der Waals surface area contributed by atoms with E-state index in [-0.39, 0.29) is 17.9 Å². The molecule has 31 heavy (non-hydrogen) atoms. The average Bonchev–Trinajstić information content (AvgIpc) is 3.05. The van der Waals surface area contributed by atoms with Gasteiger partial charge < -0.3 is 14.7 Å². The highest BCUT2D eigenvalue weighted by atomic mass is 16.5. The third kappa shape index (κ3) is 4.05. The molecule has 3 aromatic rings. The molecule has 6 nitrogen and oxygen atoms in total. The van der Waals surface area contributed by atoms with Crippen LogP contribution in [0.15, 0.2) is 84.7 Å². The van der Waals surface area contributed by atoms with Crippen LogP contribution in [-0.2, 0) is 16.1 Å². The highest BCUT2D eigenvalue weighted by molar-refractivity contribution is 6.46. The Balaban J connectivity index is 1.82. The van der Waals surface area contributed by atoms with Gasteiger partial charge in [0.05, 0.1) is 18.2 Å². The van der Waals surface area contributed by atoms with Crippen molar-refractivity contribution in [2.45, 2.75) is 19.5 Å². The van der Waals surface area contributed by atoms with Gasteiger partial charge in [0.2, 0.25) is 0 Å². The molecule has 0 saturated carbocycles. The number of aromatic nitrogens is 1. The van der Waals surface area contributed by atoms with Gasteiger partial charge in [-0.1, -0.05) is 48.5 Å². The van der Waals surface area contributed by atoms with Crippen LogP contribution in [0.5, 0.6) is 5.75 Å². The number of amides is 1. The first-order valence-electron chi connectivity index (χ1n) is 10.1. The number of carbonyl (C=O) groups is 2. The fraction of sp³-hybridized carbons (Fsp3) is 0.160. The molecule has 2 aromatic carbocycles. The maximum Gasteiger partial charge on any atom is 0.295 e. The molecule has 6 heteroatoms. The third-order valence-electron chi connectivity index (χ3n) is 5.17. The summed E-state index contributed by atoms with van der Waals surface area (Å²) in [4.78, 5) is 31.6. The van der Waals surface area contributed by atoms with Crippen molar-refractivity contribution in [1.82, 2.24) is 9.88 Å². The summed E-state index contributed by atoms with van der Waals surface area (Å²) in [6, 6.07) is 18.9. The molecule has 1 fully saturated rings. The van der Waals surface area contributed by atoms with Crippen molar-refractivity contribution in [1.29, 1.82) is 0 Å². The maximum atomic E-state index is 13.0. The number of nitrogens with zero attached hydrogens (tertiary/aromatic N) is 2. The predicted molar refractivity (Wildman–Crippen MR) is 116 cm³/mol. The van der Waals surface area contributed by atoms with Crippen LogP contribution in [-0.4, -0.2) is 33.3 Å². The van der Waals surface area contributed by atoms with Crippen LogP contribution < -0.4 is 4.74 Å². The van der Waals surface area contributed by atoms with Crippen LogP contribution in [0.4, 0.5) is 0 Å². The van der Waals surface area contributed by atoms with Gasteiger partial charge in [-0.3, -0.25) is 14.6 Å². The fourth-order valence-corrected chi connectivity index (χ4v) is 3.74. The van der Waals surface area contributed by atoms with Crippen LogP contribution in [0.3, 0.4) is 0 Å². The van der Waals surface area contributed by atoms with Crippen molar-refractivity contribution < 1.29 is 19.4 Å². The van der Waals surface area contributed by atoms with Gasteiger partial charge in [-0.05, 0) is 36.2 Å². The molecule has 1 aromatic heterocycles. The highest BCUT2D eigenvalue weighted by Crippen LogP contribution is 2.40. The molecular weight excluding hydrogens is 392 g/mol. The Morgan fingerprint density at radius 3 is 2.42 bits per heavy atom. The van der Waals surface area contributed by atoms with Crippen LogP contribution in [0, 0.1) is 0 Å². The Kier molecular flexibility index (Phi) is 5.80. The van der Waals surface area contributed by atoms with Crippen LogP contribution in [0.25, 0.3) is 5.76 Å². The van der Waals surface area contributed by atoms with Crippen molar-refractivity contribution in [2.75, 3.05) is 6.61 Å². The Morgan fingerprint density at radius 2 is 1.77 bits per heavy atom. The second-order valence-electron chi connectivity index (χ2n) is 7.16. The molecule has 1 saturated heterocycles. The molecule has 0 spiro atoms. The first kappa shape index (κ1) is 20.3. The standard InChI is InChI=1S/C25H22N2O4/c1-2-31-20-12-10-18(11-13-20)22-21(23(28)19-8-4-3-5-9-19)24(29)25(30)27(22)16-17-7-6-14-26-15-17/h3-15,22,28H,2,16H2,1H3/t22-/m1/s1. The van der Waals surface area contributed by atoms with E-state index in [0.717, 1.165) is 5.56 Å². The van der Waals surface area contributed by atoms with Gasteiger partial charge in [-0.2, -0.15) is 0 Å². The minimum absolute atomic E-state index is 0.0734. The lowest BCUT2D eigenvalue weighted by Gasteiger charge is -2.25. The molecule has 1 aliphatic rings. The average molecular weight is 414 g/mol. The Labute approximate surface area is 180 Å². The number of ether oxygens (including phenoxy) is 1. The minimum atomic E-state index is -0.726. The first-order chi connectivity index (χ1) is 15.1. The Bertz CT molecular complexity index is 1110. The summed E-state index contributed by atoms with van der Waals surface area (Å²) < 4.78 is 5.51. The molecule has 1 atom stereocenters. The number of carbonyl (C=O) groups excluding carboxylic acids is 2. The van der Waals surface area contributed by atoms with Crippen LogP contribution >= 0.6 is 0 Å². The number of ketones is 1. The van der Waals surface area contributed by atoms with Gasteiger partial charge in [0.25, 0.3) is 11.7 Å². The van der Waals surface area contributed by atoms with Crippen molar-refractivity contribution in [2.24, 2.45) is 0 Å². The van der Waals surface area contributed by atoms with Crippen molar-refractivity contribution in [3.05, 3.63) is 101 Å². The summed E-state index contributed by atoms with van der Waals surface area (Å²) in [5.41, 5.74) is 2.06. The van der Waals surface area contributed by atoms with E-state index in [4.69, 9.17) is 4.74 Å². The van der Waals surface area contributed by atoms with Crippen molar-refractivity contribution in [3.8, 4) is 5.75 Å². The van der Waals surface area contributed by atoms with Crippen molar-refractivity contribution >= 4 is 17.4 Å². The van der Waals surface area contributed by atoms with E-state index in [9.17, 15) is 14.7 Å². The zero-order valence-corrected chi connectivity index (χ0v) is 17.1. The lowest BCUT2D eigenvalue weighted by molar-refractivity contribution is -0.140. The number of aliphatic hydroxyl groups excluding tert-OH is 1. The highest BCUT2D eigenvalue weighted by Gasteiger charge is 2.46. The zero-order chi connectivity index (χ0) is 21.8. The summed E-state index contributed by atoms with van der Waals surface area (Å²) >= 11 is 0. The molecule has 1 aliphatic heterocycles. The van der Waals surface area contributed by atoms with Gasteiger partial charge in [0, 0.05) is 24.5 Å². The molecule has 0 bridgehead atoms. The molecule has 0 unspecified atom stereocenters. The molecule has 2 heterocycles. The van der Waals surface area contributed by atoms with E-state index in [1.807, 2.05) is 31.2 Å². The lowest BCUT2D eigenvalue weighted by Crippen LogP contribution is -2.29. The zero-order valence-electron chi connectivity index (χ0n) is 17.1. The lowest BCUT2D eigenvalue weighted by atomic mass is 9.95. The van der Waals surface area contributed by atoms with Crippen LogP contribution in [0.1, 0.15) is 29.7 Å². The van der Waals surface area contributed by atoms with Crippen molar-refractivity contribution in [3.63, 3.8) is 0 Å². The van der Waals surface area contributed by atoms with E-state index < -0.39 is 17.7 Å². The van der Waals surface area contributed by atoms with Gasteiger partial charge in [0.15, 0.2) is 0 Å². The number of rotatable bonds is 6. The maximum absolute atomic E-state index is 13.0. The normalized spacial score (nSPS) is 17.7. The summed E-state index contributed by atoms with van der Waals surface area (Å²) in [6.45, 7) is 2.63. The summed E-state index contributed by atoms with van der Waals surface area (Å²) in [7, 11) is 0. The summed E-state index contributed by atoms with van der Waals surface area (Å²) in [5, 5.41) is 11.0. The predicted octanol–water partition coefficient (Wildman–Crippen LogP) is 4.10. The SMILES string of the molecule is CCOc1ccc([C@@H]2C(=C(O)c3ccccc3)C(=O)C(=O)N2Cc2cccnc2)cc1. The number of hydrogen-bond acceptors (Lipinski definition) is 5. The largest absolute Gasteiger partial charge is 0.507 e. The monoisotopic (exact) mass is 414 g/mol. The molecule has 4 rings (SSSR count). The molecule has 156 valence electrons. The quantitative estimate of drug-likeness (QED) is 0.373. The number of pyridine rings is 1. The Hall–Kier alpha value is -3.93. The first-order valence-corrected chi connectivity index (χ1v) is 10.1. The van der Waals surface area contributed by atoms with E-state index in [1.54, 1.807) is 54.9 Å². The summed E-state index contributed by atoms with van der Waals surface area (Å²) in [6.07, 6.45) is 3.31. The second kappa shape index (κ2) is 8.83. The van der Waals surface area contributed by atoms with Gasteiger partial charge in [-0.25, -0.2) is 0 Å². The number of hydrogen-bond donors (Lipinski definition) is 1. The third-order valence-corrected chi connectivity index (χ3v) is 5.17. The van der Waals surface area contributed by atoms with Gasteiger partial charge in [-0.15, -0.1) is 0 Å². The number of aliphatic hydroxyl groups is 1. The minimum Gasteiger partial charge on any atom is -0.507 e. The second-order valence-corrected chi connectivity index (χ2v) is 7.16. The molecule has 0 aliphatic carbocycles. The van der Waals surface area contributed by atoms with E-state index >= 15 is 0 Å². The summed E-state index contributed by atoms with van der Waals surface area (Å²) in [5.74, 6) is -0.852. The van der Waals surface area contributed by atoms with E-state index in [0.29, 0.717) is 23.5 Å². The van der Waals surface area contributed by atoms with E-state index in [2.05, 4.69) is 4.98 Å². The number of benzene rings is 2. The number of Topliss-reactive ketones (excluding diaryl/α,β-unsaturated/α-hetero) is 1. The van der Waals surface area contributed by atoms with Gasteiger partial charge >= 0.3 is 0 Å². The number of likely N-dealkylation sites (tertiary alicyclic amines) is 1. The topological polar surface area (TPSA) is 79.7 Å². The molecular formula is C25H22N2O4.